The smallest absolute Gasteiger partial charge is 0.346 e. The van der Waals surface area contributed by atoms with Crippen molar-refractivity contribution < 1.29 is 19.4 Å². The maximum absolute atomic E-state index is 11.5. The summed E-state index contributed by atoms with van der Waals surface area (Å²) in [6, 6.07) is 6.67. The molecule has 0 spiro atoms. The van der Waals surface area contributed by atoms with Crippen LogP contribution in [0.5, 0.6) is 5.75 Å². The van der Waals surface area contributed by atoms with Gasteiger partial charge in [-0.25, -0.2) is 4.79 Å². The number of para-hydroxylation sites is 2. The van der Waals surface area contributed by atoms with Gasteiger partial charge in [-0.15, -0.1) is 6.42 Å². The second kappa shape index (κ2) is 4.18. The highest BCUT2D eigenvalue weighted by Crippen LogP contribution is 2.32. The van der Waals surface area contributed by atoms with Gasteiger partial charge in [0.05, 0.1) is 12.2 Å². The molecule has 0 radical (unpaired) electrons. The van der Waals surface area contributed by atoms with Crippen molar-refractivity contribution in [2.45, 2.75) is 6.10 Å². The molecule has 0 fully saturated rings. The average Bonchev–Trinajstić information content (AvgIpc) is 2.36. The fraction of sp³-hybridized carbons (Fsp3) is 0.167. The van der Waals surface area contributed by atoms with Gasteiger partial charge < -0.3 is 9.84 Å². The highest BCUT2D eigenvalue weighted by Gasteiger charge is 2.32. The number of nitrogens with zero attached hydrogens (tertiary/aromatic N) is 1. The van der Waals surface area contributed by atoms with Crippen molar-refractivity contribution in [2.24, 2.45) is 0 Å². The molecular formula is C12H9NO4. The lowest BCUT2D eigenvalue weighted by atomic mass is 10.2. The number of carboxylic acids is 1. The molecule has 5 nitrogen and oxygen atoms in total. The van der Waals surface area contributed by atoms with Gasteiger partial charge in [0.1, 0.15) is 5.75 Å². The van der Waals surface area contributed by atoms with Crippen LogP contribution in [0.3, 0.4) is 0 Å². The first-order chi connectivity index (χ1) is 8.13. The number of carbonyl (C=O) groups excluding carboxylic acids is 1. The van der Waals surface area contributed by atoms with Crippen LogP contribution in [0.1, 0.15) is 0 Å². The number of hydrogen-bond acceptors (Lipinski definition) is 3. The minimum absolute atomic E-state index is 0.0879. The molecule has 0 aliphatic carbocycles. The predicted molar refractivity (Wildman–Crippen MR) is 59.7 cm³/mol. The van der Waals surface area contributed by atoms with E-state index in [9.17, 15) is 9.59 Å². The molecule has 17 heavy (non-hydrogen) atoms. The normalized spacial score (nSPS) is 17.6. The Morgan fingerprint density at radius 1 is 1.47 bits per heavy atom. The molecule has 5 heteroatoms. The summed E-state index contributed by atoms with van der Waals surface area (Å²) < 4.78 is 5.26. The zero-order chi connectivity index (χ0) is 12.4. The van der Waals surface area contributed by atoms with Crippen molar-refractivity contribution in [2.75, 3.05) is 11.4 Å². The van der Waals surface area contributed by atoms with Gasteiger partial charge in [-0.3, -0.25) is 9.69 Å². The van der Waals surface area contributed by atoms with Crippen molar-refractivity contribution in [1.82, 2.24) is 0 Å². The summed E-state index contributed by atoms with van der Waals surface area (Å²) in [6.07, 6.45) is 3.96. The average molecular weight is 231 g/mol. The van der Waals surface area contributed by atoms with Crippen LogP contribution in [0.4, 0.5) is 5.69 Å². The summed E-state index contributed by atoms with van der Waals surface area (Å²) in [4.78, 5) is 23.7. The molecule has 1 aliphatic heterocycles. The van der Waals surface area contributed by atoms with Crippen LogP contribution in [0.25, 0.3) is 0 Å². The van der Waals surface area contributed by atoms with Crippen molar-refractivity contribution >= 4 is 17.6 Å². The lowest BCUT2D eigenvalue weighted by molar-refractivity contribution is -0.144. The molecule has 0 bridgehead atoms. The van der Waals surface area contributed by atoms with Crippen molar-refractivity contribution in [1.29, 1.82) is 0 Å². The van der Waals surface area contributed by atoms with Crippen LogP contribution in [-0.4, -0.2) is 29.6 Å². The second-order valence-electron chi connectivity index (χ2n) is 3.47. The van der Waals surface area contributed by atoms with Crippen molar-refractivity contribution in [3.05, 3.63) is 24.3 Å². The van der Waals surface area contributed by atoms with E-state index in [0.717, 1.165) is 0 Å². The molecule has 1 N–H and O–H groups in total. The van der Waals surface area contributed by atoms with Gasteiger partial charge in [0.15, 0.2) is 0 Å². The van der Waals surface area contributed by atoms with Crippen LogP contribution in [0, 0.1) is 12.3 Å². The quantitative estimate of drug-likeness (QED) is 0.714. The van der Waals surface area contributed by atoms with E-state index in [1.807, 2.05) is 5.92 Å². The van der Waals surface area contributed by atoms with Crippen LogP contribution in [0.2, 0.25) is 0 Å². The summed E-state index contributed by atoms with van der Waals surface area (Å²) in [7, 11) is 0. The Hall–Kier alpha value is -2.48. The Morgan fingerprint density at radius 2 is 2.18 bits per heavy atom. The molecule has 1 aliphatic rings. The van der Waals surface area contributed by atoms with Gasteiger partial charge >= 0.3 is 11.9 Å². The van der Waals surface area contributed by atoms with Gasteiger partial charge in [-0.2, -0.15) is 0 Å². The highest BCUT2D eigenvalue weighted by molar-refractivity contribution is 6.07. The molecule has 1 aromatic carbocycles. The van der Waals surface area contributed by atoms with E-state index in [2.05, 4.69) is 0 Å². The molecule has 86 valence electrons. The standard InChI is InChI=1S/C12H9NO4/c1-2-11(14)13-7-10(12(15)16)17-9-6-4-3-5-8(9)13/h1,3-6,10H,7H2,(H,15,16). The van der Waals surface area contributed by atoms with E-state index in [1.54, 1.807) is 24.3 Å². The number of ether oxygens (including phenoxy) is 1. The Balaban J connectivity index is 2.43. The zero-order valence-electron chi connectivity index (χ0n) is 8.79. The van der Waals surface area contributed by atoms with E-state index in [-0.39, 0.29) is 6.54 Å². The van der Waals surface area contributed by atoms with Crippen molar-refractivity contribution in [3.8, 4) is 18.1 Å². The molecule has 1 aromatic rings. The van der Waals surface area contributed by atoms with Gasteiger partial charge in [0.2, 0.25) is 6.10 Å². The number of benzene rings is 1. The van der Waals surface area contributed by atoms with Gasteiger partial charge in [0, 0.05) is 0 Å². The number of hydrogen-bond donors (Lipinski definition) is 1. The van der Waals surface area contributed by atoms with E-state index in [1.165, 1.54) is 4.90 Å². The number of terminal acetylenes is 1. The van der Waals surface area contributed by atoms with E-state index < -0.39 is 18.0 Å². The summed E-state index contributed by atoms with van der Waals surface area (Å²) in [5.41, 5.74) is 0.493. The fourth-order valence-electron chi connectivity index (χ4n) is 1.63. The van der Waals surface area contributed by atoms with Gasteiger partial charge in [-0.1, -0.05) is 12.1 Å². The first-order valence-corrected chi connectivity index (χ1v) is 4.90. The third kappa shape index (κ3) is 1.93. The minimum atomic E-state index is -1.13. The Kier molecular flexibility index (Phi) is 2.71. The molecule has 0 saturated carbocycles. The molecule has 1 amide bonds. The first-order valence-electron chi connectivity index (χ1n) is 4.90. The van der Waals surface area contributed by atoms with Crippen LogP contribution in [-0.2, 0) is 9.59 Å². The second-order valence-corrected chi connectivity index (χ2v) is 3.47. The van der Waals surface area contributed by atoms with Crippen LogP contribution >= 0.6 is 0 Å². The molecule has 1 unspecified atom stereocenters. The predicted octanol–water partition coefficient (Wildman–Crippen LogP) is 0.498. The van der Waals surface area contributed by atoms with E-state index >= 15 is 0 Å². The minimum Gasteiger partial charge on any atom is -0.478 e. The molecule has 1 heterocycles. The fourth-order valence-corrected chi connectivity index (χ4v) is 1.63. The Morgan fingerprint density at radius 3 is 2.82 bits per heavy atom. The molecule has 1 atom stereocenters. The molecule has 0 aromatic heterocycles. The van der Waals surface area contributed by atoms with Crippen LogP contribution in [0.15, 0.2) is 24.3 Å². The largest absolute Gasteiger partial charge is 0.478 e. The van der Waals surface area contributed by atoms with E-state index in [0.29, 0.717) is 11.4 Å². The highest BCUT2D eigenvalue weighted by atomic mass is 16.5. The SMILES string of the molecule is C#CC(=O)N1CC(C(=O)O)Oc2ccccc21. The number of carbonyl (C=O) groups is 2. The number of carboxylic acid groups (broad SMARTS) is 1. The zero-order valence-corrected chi connectivity index (χ0v) is 8.79. The molecular weight excluding hydrogens is 222 g/mol. The maximum atomic E-state index is 11.5. The number of rotatable bonds is 1. The van der Waals surface area contributed by atoms with E-state index in [4.69, 9.17) is 16.3 Å². The summed E-state index contributed by atoms with van der Waals surface area (Å²) in [5.74, 6) is 0.609. The number of amides is 1. The lowest BCUT2D eigenvalue weighted by Crippen LogP contribution is -2.46. The van der Waals surface area contributed by atoms with Gasteiger partial charge in [-0.05, 0) is 18.1 Å². The summed E-state index contributed by atoms with van der Waals surface area (Å²) in [6.45, 7) is -0.0879. The number of fused-ring (bicyclic) bond motifs is 1. The third-order valence-corrected chi connectivity index (χ3v) is 2.42. The Labute approximate surface area is 97.6 Å². The van der Waals surface area contributed by atoms with Crippen LogP contribution < -0.4 is 9.64 Å². The summed E-state index contributed by atoms with van der Waals surface area (Å²) >= 11 is 0. The van der Waals surface area contributed by atoms with Gasteiger partial charge in [0.25, 0.3) is 0 Å². The lowest BCUT2D eigenvalue weighted by Gasteiger charge is -2.31. The number of aliphatic carboxylic acids is 1. The Bertz CT molecular complexity index is 517. The number of anilines is 1. The maximum Gasteiger partial charge on any atom is 0.346 e. The molecule has 0 saturated heterocycles. The third-order valence-electron chi connectivity index (χ3n) is 2.42. The van der Waals surface area contributed by atoms with Crippen molar-refractivity contribution in [3.63, 3.8) is 0 Å². The molecule has 2 rings (SSSR count). The topological polar surface area (TPSA) is 66.8 Å². The monoisotopic (exact) mass is 231 g/mol. The summed E-state index contributed by atoms with van der Waals surface area (Å²) in [5, 5.41) is 8.92. The first kappa shape index (κ1) is 11.0.